The second-order valence-corrected chi connectivity index (χ2v) is 13.8. The minimum atomic E-state index is -1.16. The lowest BCUT2D eigenvalue weighted by Gasteiger charge is -2.26. The van der Waals surface area contributed by atoms with Gasteiger partial charge in [-0.15, -0.1) is 0 Å². The minimum absolute atomic E-state index is 0.161. The summed E-state index contributed by atoms with van der Waals surface area (Å²) in [6.07, 6.45) is 42.9. The second-order valence-electron chi connectivity index (χ2n) is 13.8. The number of aliphatic hydroxyl groups is 3. The Hall–Kier alpha value is -1.17. The molecule has 272 valence electrons. The summed E-state index contributed by atoms with van der Waals surface area (Å²) >= 11 is 0. The molecule has 3 atom stereocenters. The van der Waals surface area contributed by atoms with Crippen molar-refractivity contribution in [2.45, 2.75) is 225 Å². The molecule has 46 heavy (non-hydrogen) atoms. The molecule has 0 aliphatic carbocycles. The van der Waals surface area contributed by atoms with Gasteiger partial charge in [0.1, 0.15) is 6.10 Å². The molecular formula is C41H79NO4. The lowest BCUT2D eigenvalue weighted by Crippen LogP contribution is -2.50. The molecule has 0 heterocycles. The molecule has 1 amide bonds. The van der Waals surface area contributed by atoms with E-state index in [9.17, 15) is 20.1 Å². The highest BCUT2D eigenvalue weighted by Crippen LogP contribution is 2.15. The molecule has 0 radical (unpaired) electrons. The summed E-state index contributed by atoms with van der Waals surface area (Å²) in [5, 5.41) is 33.3. The van der Waals surface area contributed by atoms with Crippen molar-refractivity contribution in [3.05, 3.63) is 24.3 Å². The lowest BCUT2D eigenvalue weighted by molar-refractivity contribution is -0.124. The van der Waals surface area contributed by atoms with Crippen LogP contribution < -0.4 is 5.32 Å². The van der Waals surface area contributed by atoms with Gasteiger partial charge in [-0.1, -0.05) is 173 Å². The smallest absolute Gasteiger partial charge is 0.220 e. The van der Waals surface area contributed by atoms with E-state index in [1.54, 1.807) is 0 Å². The minimum Gasteiger partial charge on any atom is -0.394 e. The molecule has 0 saturated heterocycles. The number of aliphatic hydroxyl groups excluding tert-OH is 3. The first-order valence-corrected chi connectivity index (χ1v) is 20.1. The Balaban J connectivity index is 3.69. The van der Waals surface area contributed by atoms with E-state index in [0.29, 0.717) is 12.8 Å². The Bertz CT molecular complexity index is 679. The number of hydrogen-bond donors (Lipinski definition) is 4. The highest BCUT2D eigenvalue weighted by molar-refractivity contribution is 5.76. The third-order valence-corrected chi connectivity index (χ3v) is 9.29. The summed E-state index contributed by atoms with van der Waals surface area (Å²) in [5.41, 5.74) is 0. The number of unbranched alkanes of at least 4 members (excludes halogenated alkanes) is 24. The van der Waals surface area contributed by atoms with Crippen LogP contribution in [0.1, 0.15) is 206 Å². The zero-order valence-corrected chi connectivity index (χ0v) is 30.7. The molecule has 0 aromatic heterocycles. The summed E-state index contributed by atoms with van der Waals surface area (Å²) < 4.78 is 0. The summed E-state index contributed by atoms with van der Waals surface area (Å²) in [7, 11) is 0. The average Bonchev–Trinajstić information content (AvgIpc) is 3.06. The normalized spacial score (nSPS) is 13.9. The van der Waals surface area contributed by atoms with Gasteiger partial charge in [0.2, 0.25) is 5.91 Å². The maximum atomic E-state index is 12.3. The molecular weight excluding hydrogens is 570 g/mol. The molecule has 0 aliphatic heterocycles. The van der Waals surface area contributed by atoms with Crippen molar-refractivity contribution in [1.29, 1.82) is 0 Å². The highest BCUT2D eigenvalue weighted by atomic mass is 16.3. The van der Waals surface area contributed by atoms with Crippen molar-refractivity contribution in [3.63, 3.8) is 0 Å². The van der Waals surface area contributed by atoms with Crippen molar-refractivity contribution >= 4 is 5.91 Å². The first-order chi connectivity index (χ1) is 22.6. The van der Waals surface area contributed by atoms with E-state index < -0.39 is 18.2 Å². The van der Waals surface area contributed by atoms with E-state index in [1.807, 2.05) is 0 Å². The fraction of sp³-hybridized carbons (Fsp3) is 0.878. The third kappa shape index (κ3) is 31.4. The fourth-order valence-corrected chi connectivity index (χ4v) is 6.12. The second kappa shape index (κ2) is 36.7. The Morgan fingerprint density at radius 1 is 0.522 bits per heavy atom. The molecule has 5 nitrogen and oxygen atoms in total. The van der Waals surface area contributed by atoms with Gasteiger partial charge < -0.3 is 20.6 Å². The van der Waals surface area contributed by atoms with Crippen LogP contribution in [0, 0.1) is 0 Å². The van der Waals surface area contributed by atoms with Crippen LogP contribution in [-0.4, -0.2) is 46.1 Å². The van der Waals surface area contributed by atoms with Crippen LogP contribution in [0.2, 0.25) is 0 Å². The van der Waals surface area contributed by atoms with E-state index in [0.717, 1.165) is 44.9 Å². The lowest BCUT2D eigenvalue weighted by atomic mass is 10.0. The Morgan fingerprint density at radius 2 is 0.891 bits per heavy atom. The zero-order valence-electron chi connectivity index (χ0n) is 30.7. The molecule has 4 N–H and O–H groups in total. The SMILES string of the molecule is CCCCCCCCCCCCCCC/C=C/CC/C=C/CCCC(O)C(O)C(CO)NC(=O)CCCCCCCCCCCC. The Labute approximate surface area is 286 Å². The number of amides is 1. The van der Waals surface area contributed by atoms with Crippen molar-refractivity contribution < 1.29 is 20.1 Å². The highest BCUT2D eigenvalue weighted by Gasteiger charge is 2.26. The van der Waals surface area contributed by atoms with Crippen molar-refractivity contribution in [2.75, 3.05) is 6.61 Å². The van der Waals surface area contributed by atoms with Gasteiger partial charge in [0.15, 0.2) is 0 Å². The number of allylic oxidation sites excluding steroid dienone is 4. The Morgan fingerprint density at radius 3 is 1.33 bits per heavy atom. The van der Waals surface area contributed by atoms with Crippen LogP contribution >= 0.6 is 0 Å². The van der Waals surface area contributed by atoms with Gasteiger partial charge in [-0.2, -0.15) is 0 Å². The van der Waals surface area contributed by atoms with Gasteiger partial charge in [0.05, 0.1) is 18.8 Å². The number of hydrogen-bond acceptors (Lipinski definition) is 4. The monoisotopic (exact) mass is 650 g/mol. The van der Waals surface area contributed by atoms with Crippen LogP contribution in [0.3, 0.4) is 0 Å². The van der Waals surface area contributed by atoms with Crippen molar-refractivity contribution in [1.82, 2.24) is 5.32 Å². The van der Waals surface area contributed by atoms with Gasteiger partial charge in [0.25, 0.3) is 0 Å². The van der Waals surface area contributed by atoms with E-state index in [4.69, 9.17) is 0 Å². The van der Waals surface area contributed by atoms with Crippen LogP contribution in [-0.2, 0) is 4.79 Å². The van der Waals surface area contributed by atoms with Crippen molar-refractivity contribution in [3.8, 4) is 0 Å². The molecule has 5 heteroatoms. The van der Waals surface area contributed by atoms with Crippen LogP contribution in [0.4, 0.5) is 0 Å². The number of rotatable bonds is 36. The van der Waals surface area contributed by atoms with Crippen LogP contribution in [0.5, 0.6) is 0 Å². The standard InChI is InChI=1S/C41H79NO4/c1-3-5-7-9-11-13-15-16-17-18-19-20-21-22-23-24-25-26-27-29-31-33-35-39(44)41(46)38(37-43)42-40(45)36-34-32-30-28-14-12-10-8-6-4-2/h23-24,27,29,38-39,41,43-44,46H,3-22,25-26,28,30-37H2,1-2H3,(H,42,45)/b24-23+,29-27+. The molecule has 3 unspecified atom stereocenters. The maximum absolute atomic E-state index is 12.3. The predicted octanol–water partition coefficient (Wildman–Crippen LogP) is 11.0. The molecule has 0 bridgehead atoms. The van der Waals surface area contributed by atoms with Gasteiger partial charge in [-0.3, -0.25) is 4.79 Å². The molecule has 0 fully saturated rings. The number of nitrogens with one attached hydrogen (secondary N) is 1. The van der Waals surface area contributed by atoms with E-state index in [2.05, 4.69) is 43.5 Å². The third-order valence-electron chi connectivity index (χ3n) is 9.29. The predicted molar refractivity (Wildman–Crippen MR) is 199 cm³/mol. The molecule has 0 saturated carbocycles. The first kappa shape index (κ1) is 44.8. The average molecular weight is 650 g/mol. The van der Waals surface area contributed by atoms with Gasteiger partial charge >= 0.3 is 0 Å². The fourth-order valence-electron chi connectivity index (χ4n) is 6.12. The molecule has 0 aromatic rings. The molecule has 0 rings (SSSR count). The van der Waals surface area contributed by atoms with E-state index >= 15 is 0 Å². The zero-order chi connectivity index (χ0) is 33.8. The summed E-state index contributed by atoms with van der Waals surface area (Å²) in [5.74, 6) is -0.161. The molecule has 0 spiro atoms. The number of carbonyl (C=O) groups excluding carboxylic acids is 1. The van der Waals surface area contributed by atoms with Crippen LogP contribution in [0.15, 0.2) is 24.3 Å². The molecule has 0 aromatic carbocycles. The Kier molecular flexibility index (Phi) is 35.7. The maximum Gasteiger partial charge on any atom is 0.220 e. The van der Waals surface area contributed by atoms with Gasteiger partial charge in [-0.05, 0) is 51.4 Å². The van der Waals surface area contributed by atoms with E-state index in [1.165, 1.54) is 135 Å². The van der Waals surface area contributed by atoms with Gasteiger partial charge in [-0.25, -0.2) is 0 Å². The number of carbonyl (C=O) groups is 1. The summed E-state index contributed by atoms with van der Waals surface area (Å²) in [6.45, 7) is 4.14. The molecule has 0 aliphatic rings. The summed E-state index contributed by atoms with van der Waals surface area (Å²) in [6, 6.07) is -0.826. The van der Waals surface area contributed by atoms with Gasteiger partial charge in [0, 0.05) is 6.42 Å². The van der Waals surface area contributed by atoms with Crippen LogP contribution in [0.25, 0.3) is 0 Å². The topological polar surface area (TPSA) is 89.8 Å². The van der Waals surface area contributed by atoms with E-state index in [-0.39, 0.29) is 12.5 Å². The summed E-state index contributed by atoms with van der Waals surface area (Å²) in [4.78, 5) is 12.3. The quantitative estimate of drug-likeness (QED) is 0.0401. The first-order valence-electron chi connectivity index (χ1n) is 20.1. The largest absolute Gasteiger partial charge is 0.394 e. The van der Waals surface area contributed by atoms with Crippen molar-refractivity contribution in [2.24, 2.45) is 0 Å².